The molecule has 2 bridgehead atoms. The monoisotopic (exact) mass is 442 g/mol. The molecule has 7 heteroatoms. The molecule has 0 aromatic carbocycles. The molecule has 3 saturated heterocycles. The lowest BCUT2D eigenvalue weighted by atomic mass is 9.81. The van der Waals surface area contributed by atoms with E-state index in [-0.39, 0.29) is 47.8 Å². The first-order valence-corrected chi connectivity index (χ1v) is 12.9. The predicted octanol–water partition coefficient (Wildman–Crippen LogP) is 3.75. The zero-order chi connectivity index (χ0) is 21.1. The second-order valence-corrected chi connectivity index (χ2v) is 11.0. The molecule has 1 aromatic rings. The van der Waals surface area contributed by atoms with Gasteiger partial charge >= 0.3 is 0 Å². The lowest BCUT2D eigenvalue weighted by molar-refractivity contribution is -0.124. The molecule has 0 radical (unpaired) electrons. The van der Waals surface area contributed by atoms with Crippen LogP contribution in [0.4, 0.5) is 5.00 Å². The van der Waals surface area contributed by atoms with Crippen molar-refractivity contribution in [3.63, 3.8) is 0 Å². The summed E-state index contributed by atoms with van der Waals surface area (Å²) in [5.41, 5.74) is 1.70. The highest BCUT2D eigenvalue weighted by Crippen LogP contribution is 2.51. The molecule has 6 rings (SSSR count). The van der Waals surface area contributed by atoms with Crippen LogP contribution in [-0.4, -0.2) is 36.0 Å². The number of thiophene rings is 1. The maximum atomic E-state index is 13.6. The Morgan fingerprint density at radius 3 is 2.23 bits per heavy atom. The molecule has 166 valence electrons. The highest BCUT2D eigenvalue weighted by Gasteiger charge is 2.63. The van der Waals surface area contributed by atoms with E-state index in [1.165, 1.54) is 27.5 Å². The molecule has 0 unspecified atom stereocenters. The number of imide groups is 1. The summed E-state index contributed by atoms with van der Waals surface area (Å²) in [5.74, 6) is -1.10. The number of amides is 3. The number of rotatable bonds is 3. The number of anilines is 1. The first-order valence-electron chi connectivity index (χ1n) is 12.1. The van der Waals surface area contributed by atoms with Crippen LogP contribution in [0.2, 0.25) is 0 Å². The molecule has 4 fully saturated rings. The van der Waals surface area contributed by atoms with Crippen LogP contribution in [0, 0.1) is 11.8 Å². The number of fused-ring (bicyclic) bond motifs is 6. The van der Waals surface area contributed by atoms with E-state index in [2.05, 4.69) is 5.32 Å². The van der Waals surface area contributed by atoms with Gasteiger partial charge in [-0.3, -0.25) is 14.4 Å². The standard InChI is InChI=1S/C24H30N2O4S/c27-21(25-13-7-3-1-4-8-13)18-14-9-5-2-6-10-17(14)31-24(18)26-22(28)19-15-11-12-16(30-15)20(19)23(26)29/h13,15-16,19-20H,1-12H2,(H,25,27)/t15-,16-,19-,20-/m0/s1. The van der Waals surface area contributed by atoms with Gasteiger partial charge in [-0.25, -0.2) is 4.90 Å². The van der Waals surface area contributed by atoms with Crippen LogP contribution in [0.25, 0.3) is 0 Å². The van der Waals surface area contributed by atoms with E-state index in [4.69, 9.17) is 4.74 Å². The first-order chi connectivity index (χ1) is 15.1. The molecule has 1 aromatic heterocycles. The number of hydrogen-bond acceptors (Lipinski definition) is 5. The van der Waals surface area contributed by atoms with Gasteiger partial charge in [0, 0.05) is 10.9 Å². The summed E-state index contributed by atoms with van der Waals surface area (Å²) in [5, 5.41) is 3.85. The highest BCUT2D eigenvalue weighted by atomic mass is 32.1. The van der Waals surface area contributed by atoms with Crippen LogP contribution in [0.3, 0.4) is 0 Å². The summed E-state index contributed by atoms with van der Waals surface area (Å²) in [6.45, 7) is 0. The molecule has 6 nitrogen and oxygen atoms in total. The third-order valence-corrected chi connectivity index (χ3v) is 9.33. The molecule has 1 saturated carbocycles. The zero-order valence-corrected chi connectivity index (χ0v) is 18.7. The summed E-state index contributed by atoms with van der Waals surface area (Å²) in [6, 6.07) is 0.198. The normalized spacial score (nSPS) is 32.8. The van der Waals surface area contributed by atoms with Crippen LogP contribution >= 0.6 is 11.3 Å². The van der Waals surface area contributed by atoms with Gasteiger partial charge < -0.3 is 10.1 Å². The van der Waals surface area contributed by atoms with Gasteiger partial charge in [0.2, 0.25) is 11.8 Å². The number of hydrogen-bond donors (Lipinski definition) is 1. The Morgan fingerprint density at radius 2 is 1.52 bits per heavy atom. The van der Waals surface area contributed by atoms with Gasteiger partial charge in [-0.15, -0.1) is 11.3 Å². The van der Waals surface area contributed by atoms with Crippen LogP contribution in [0.1, 0.15) is 85.0 Å². The van der Waals surface area contributed by atoms with Crippen molar-refractivity contribution in [1.29, 1.82) is 0 Å². The van der Waals surface area contributed by atoms with Crippen LogP contribution in [0.5, 0.6) is 0 Å². The molecule has 4 heterocycles. The number of ether oxygens (including phenoxy) is 1. The van der Waals surface area contributed by atoms with Gasteiger partial charge in [-0.05, 0) is 56.9 Å². The largest absolute Gasteiger partial charge is 0.373 e. The fourth-order valence-electron chi connectivity index (χ4n) is 6.54. The van der Waals surface area contributed by atoms with E-state index >= 15 is 0 Å². The van der Waals surface area contributed by atoms with Gasteiger partial charge in [-0.1, -0.05) is 25.7 Å². The summed E-state index contributed by atoms with van der Waals surface area (Å²) in [6.07, 6.45) is 12.1. The third-order valence-electron chi connectivity index (χ3n) is 8.06. The predicted molar refractivity (Wildman–Crippen MR) is 117 cm³/mol. The quantitative estimate of drug-likeness (QED) is 0.571. The van der Waals surface area contributed by atoms with Gasteiger partial charge in [0.25, 0.3) is 5.91 Å². The van der Waals surface area contributed by atoms with E-state index in [1.807, 2.05) is 0 Å². The van der Waals surface area contributed by atoms with Crippen molar-refractivity contribution in [2.75, 3.05) is 4.90 Å². The summed E-state index contributed by atoms with van der Waals surface area (Å²) in [7, 11) is 0. The molecule has 4 atom stereocenters. The van der Waals surface area contributed by atoms with Crippen LogP contribution < -0.4 is 10.2 Å². The Bertz CT molecular complexity index is 906. The number of nitrogens with one attached hydrogen (secondary N) is 1. The molecular formula is C24H30N2O4S. The second-order valence-electron chi connectivity index (χ2n) is 9.91. The third kappa shape index (κ3) is 3.10. The molecule has 3 amide bonds. The average Bonchev–Trinajstić information content (AvgIpc) is 3.48. The lowest BCUT2D eigenvalue weighted by Gasteiger charge is -2.24. The van der Waals surface area contributed by atoms with Crippen LogP contribution in [-0.2, 0) is 27.2 Å². The molecule has 3 aliphatic heterocycles. The van der Waals surface area contributed by atoms with E-state index in [0.29, 0.717) is 10.6 Å². The number of carbonyl (C=O) groups is 3. The van der Waals surface area contributed by atoms with Crippen molar-refractivity contribution in [3.8, 4) is 0 Å². The minimum absolute atomic E-state index is 0.0850. The van der Waals surface area contributed by atoms with Crippen molar-refractivity contribution in [3.05, 3.63) is 16.0 Å². The van der Waals surface area contributed by atoms with Crippen molar-refractivity contribution < 1.29 is 19.1 Å². The fraction of sp³-hybridized carbons (Fsp3) is 0.708. The number of carbonyl (C=O) groups excluding carboxylic acids is 3. The molecule has 2 aliphatic carbocycles. The zero-order valence-electron chi connectivity index (χ0n) is 17.9. The molecule has 5 aliphatic rings. The molecular weight excluding hydrogens is 412 g/mol. The average molecular weight is 443 g/mol. The second kappa shape index (κ2) is 7.69. The summed E-state index contributed by atoms with van der Waals surface area (Å²) >= 11 is 1.51. The van der Waals surface area contributed by atoms with E-state index in [1.54, 1.807) is 0 Å². The minimum Gasteiger partial charge on any atom is -0.373 e. The molecule has 1 N–H and O–H groups in total. The Labute approximate surface area is 186 Å². The Hall–Kier alpha value is -1.73. The smallest absolute Gasteiger partial charge is 0.254 e. The van der Waals surface area contributed by atoms with E-state index in [9.17, 15) is 14.4 Å². The van der Waals surface area contributed by atoms with Crippen molar-refractivity contribution >= 4 is 34.1 Å². The van der Waals surface area contributed by atoms with Crippen molar-refractivity contribution in [2.24, 2.45) is 11.8 Å². The number of aryl methyl sites for hydroxylation is 1. The Kier molecular flexibility index (Phi) is 4.94. The maximum absolute atomic E-state index is 13.6. The SMILES string of the molecule is O=C(NC1CCCCC1)c1c(N2C(=O)[C@@H]3[C@@H](C2=O)[C@@H]2CC[C@@H]3O2)sc2c1CCCCC2. The van der Waals surface area contributed by atoms with Gasteiger partial charge in [0.1, 0.15) is 5.00 Å². The summed E-state index contributed by atoms with van der Waals surface area (Å²) < 4.78 is 5.90. The number of nitrogens with zero attached hydrogens (tertiary/aromatic N) is 1. The Morgan fingerprint density at radius 1 is 0.871 bits per heavy atom. The first kappa shape index (κ1) is 19.9. The van der Waals surface area contributed by atoms with E-state index < -0.39 is 0 Å². The van der Waals surface area contributed by atoms with Crippen LogP contribution in [0.15, 0.2) is 0 Å². The minimum atomic E-state index is -0.359. The van der Waals surface area contributed by atoms with Gasteiger partial charge in [0.05, 0.1) is 29.6 Å². The lowest BCUT2D eigenvalue weighted by Crippen LogP contribution is -2.39. The van der Waals surface area contributed by atoms with Gasteiger partial charge in [-0.2, -0.15) is 0 Å². The highest BCUT2D eigenvalue weighted by molar-refractivity contribution is 7.17. The van der Waals surface area contributed by atoms with Crippen molar-refractivity contribution in [1.82, 2.24) is 5.32 Å². The van der Waals surface area contributed by atoms with Crippen molar-refractivity contribution in [2.45, 2.75) is 95.3 Å². The Balaban J connectivity index is 1.38. The molecule has 31 heavy (non-hydrogen) atoms. The van der Waals surface area contributed by atoms with Gasteiger partial charge in [0.15, 0.2) is 0 Å². The van der Waals surface area contributed by atoms with E-state index in [0.717, 1.165) is 76.2 Å². The molecule has 0 spiro atoms. The maximum Gasteiger partial charge on any atom is 0.254 e. The topological polar surface area (TPSA) is 75.7 Å². The summed E-state index contributed by atoms with van der Waals surface area (Å²) in [4.78, 5) is 43.0. The fourth-order valence-corrected chi connectivity index (χ4v) is 7.93.